The maximum absolute atomic E-state index is 9.94. The molecule has 0 amide bonds. The second-order valence-electron chi connectivity index (χ2n) is 4.97. The molecule has 2 aliphatic heterocycles. The molecule has 0 saturated carbocycles. The molecule has 3 rings (SSSR count). The number of benzene rings is 1. The quantitative estimate of drug-likeness (QED) is 0.822. The lowest BCUT2D eigenvalue weighted by molar-refractivity contribution is 0.165. The van der Waals surface area contributed by atoms with Gasteiger partial charge in [0.1, 0.15) is 19.0 Å². The van der Waals surface area contributed by atoms with Crippen LogP contribution in [0.15, 0.2) is 6.07 Å². The molecule has 1 aromatic carbocycles. The summed E-state index contributed by atoms with van der Waals surface area (Å²) in [4.78, 5) is 0. The Kier molecular flexibility index (Phi) is 2.79. The fourth-order valence-electron chi connectivity index (χ4n) is 2.75. The van der Waals surface area contributed by atoms with Crippen LogP contribution in [-0.4, -0.2) is 24.9 Å². The summed E-state index contributed by atoms with van der Waals surface area (Å²) in [6.45, 7) is 4.03. The molecule has 0 radical (unpaired) electrons. The highest BCUT2D eigenvalue weighted by Crippen LogP contribution is 2.49. The Morgan fingerprint density at radius 1 is 1.39 bits per heavy atom. The molecule has 1 saturated heterocycles. The highest BCUT2D eigenvalue weighted by atomic mass is 35.5. The van der Waals surface area contributed by atoms with Crippen LogP contribution in [0.3, 0.4) is 0 Å². The minimum Gasteiger partial charge on any atom is -0.506 e. The first-order valence-electron chi connectivity index (χ1n) is 6.18. The van der Waals surface area contributed by atoms with Crippen molar-refractivity contribution in [2.45, 2.75) is 25.3 Å². The molecule has 4 nitrogen and oxygen atoms in total. The molecule has 1 unspecified atom stereocenters. The largest absolute Gasteiger partial charge is 0.506 e. The van der Waals surface area contributed by atoms with E-state index in [0.29, 0.717) is 29.7 Å². The van der Waals surface area contributed by atoms with Crippen molar-refractivity contribution in [3.05, 3.63) is 16.7 Å². The van der Waals surface area contributed by atoms with Crippen molar-refractivity contribution in [2.24, 2.45) is 0 Å². The van der Waals surface area contributed by atoms with E-state index in [1.54, 1.807) is 0 Å². The van der Waals surface area contributed by atoms with Crippen LogP contribution < -0.4 is 14.8 Å². The molecule has 18 heavy (non-hydrogen) atoms. The summed E-state index contributed by atoms with van der Waals surface area (Å²) >= 11 is 6.27. The van der Waals surface area contributed by atoms with Crippen molar-refractivity contribution in [3.8, 4) is 17.2 Å². The molecule has 0 bridgehead atoms. The van der Waals surface area contributed by atoms with E-state index in [0.717, 1.165) is 24.9 Å². The minimum atomic E-state index is -0.263. The number of phenolic OH excluding ortho intramolecular Hbond substituents is 1. The first-order chi connectivity index (χ1) is 8.62. The van der Waals surface area contributed by atoms with Crippen molar-refractivity contribution in [1.82, 2.24) is 5.32 Å². The number of ether oxygens (including phenoxy) is 2. The summed E-state index contributed by atoms with van der Waals surface area (Å²) in [6, 6.07) is 1.53. The molecule has 1 fully saturated rings. The number of hydrogen-bond acceptors (Lipinski definition) is 4. The zero-order valence-electron chi connectivity index (χ0n) is 10.3. The van der Waals surface area contributed by atoms with Crippen LogP contribution in [0.5, 0.6) is 17.2 Å². The molecule has 1 aromatic rings. The minimum absolute atomic E-state index is 0.0471. The van der Waals surface area contributed by atoms with Gasteiger partial charge >= 0.3 is 0 Å². The van der Waals surface area contributed by atoms with Crippen molar-refractivity contribution < 1.29 is 14.6 Å². The monoisotopic (exact) mass is 269 g/mol. The van der Waals surface area contributed by atoms with Gasteiger partial charge in [-0.2, -0.15) is 0 Å². The summed E-state index contributed by atoms with van der Waals surface area (Å²) in [5.74, 6) is 1.29. The van der Waals surface area contributed by atoms with Crippen molar-refractivity contribution in [3.63, 3.8) is 0 Å². The molecule has 5 heteroatoms. The summed E-state index contributed by atoms with van der Waals surface area (Å²) in [7, 11) is 0. The Morgan fingerprint density at radius 2 is 2.17 bits per heavy atom. The molecule has 0 aromatic heterocycles. The second kappa shape index (κ2) is 4.21. The van der Waals surface area contributed by atoms with Gasteiger partial charge in [-0.1, -0.05) is 11.6 Å². The Bertz CT molecular complexity index is 484. The molecular formula is C13H16ClNO3. The smallest absolute Gasteiger partial charge is 0.168 e. The van der Waals surface area contributed by atoms with Gasteiger partial charge in [-0.3, -0.25) is 0 Å². The number of rotatable bonds is 1. The van der Waals surface area contributed by atoms with Crippen LogP contribution in [0.4, 0.5) is 0 Å². The van der Waals surface area contributed by atoms with Gasteiger partial charge in [0.25, 0.3) is 0 Å². The Labute approximate surface area is 111 Å². The average Bonchev–Trinajstić information content (AvgIpc) is 2.78. The van der Waals surface area contributed by atoms with Gasteiger partial charge in [0.15, 0.2) is 11.5 Å². The van der Waals surface area contributed by atoms with Crippen molar-refractivity contribution >= 4 is 11.6 Å². The zero-order valence-corrected chi connectivity index (χ0v) is 11.0. The summed E-state index contributed by atoms with van der Waals surface area (Å²) in [6.07, 6.45) is 2.05. The molecule has 0 aliphatic carbocycles. The highest BCUT2D eigenvalue weighted by Gasteiger charge is 2.38. The van der Waals surface area contributed by atoms with Gasteiger partial charge in [0.2, 0.25) is 0 Å². The van der Waals surface area contributed by atoms with Crippen molar-refractivity contribution in [2.75, 3.05) is 19.8 Å². The average molecular weight is 270 g/mol. The first-order valence-corrected chi connectivity index (χ1v) is 6.56. The van der Waals surface area contributed by atoms with E-state index in [2.05, 4.69) is 12.2 Å². The van der Waals surface area contributed by atoms with E-state index < -0.39 is 0 Å². The summed E-state index contributed by atoms with van der Waals surface area (Å²) < 4.78 is 11.2. The van der Waals surface area contributed by atoms with E-state index in [1.165, 1.54) is 6.07 Å². The Balaban J connectivity index is 2.20. The standard InChI is InChI=1S/C13H16ClNO3/c1-13(3-2-4-15-13)10-11(14)8(16)7-9-12(10)18-6-5-17-9/h7,15-16H,2-6H2,1H3. The summed E-state index contributed by atoms with van der Waals surface area (Å²) in [5, 5.41) is 13.7. The Hall–Kier alpha value is -1.13. The third-order valence-corrected chi connectivity index (χ3v) is 4.05. The molecule has 0 spiro atoms. The number of aromatic hydroxyl groups is 1. The third kappa shape index (κ3) is 1.71. The van der Waals surface area contributed by atoms with Crippen molar-refractivity contribution in [1.29, 1.82) is 0 Å². The Morgan fingerprint density at radius 3 is 2.89 bits per heavy atom. The topological polar surface area (TPSA) is 50.7 Å². The molecule has 2 heterocycles. The van der Waals surface area contributed by atoms with Gasteiger partial charge in [-0.25, -0.2) is 0 Å². The van der Waals surface area contributed by atoms with Gasteiger partial charge in [0, 0.05) is 17.2 Å². The number of fused-ring (bicyclic) bond motifs is 1. The van der Waals surface area contributed by atoms with Crippen LogP contribution >= 0.6 is 11.6 Å². The van der Waals surface area contributed by atoms with Gasteiger partial charge < -0.3 is 19.9 Å². The number of phenols is 1. The molecule has 2 N–H and O–H groups in total. The van der Waals surface area contributed by atoms with Crippen LogP contribution in [0.25, 0.3) is 0 Å². The van der Waals surface area contributed by atoms with E-state index in [1.807, 2.05) is 0 Å². The lowest BCUT2D eigenvalue weighted by atomic mass is 9.89. The predicted octanol–water partition coefficient (Wildman–Crippen LogP) is 2.42. The predicted molar refractivity (Wildman–Crippen MR) is 68.7 cm³/mol. The zero-order chi connectivity index (χ0) is 12.8. The normalized spacial score (nSPS) is 26.3. The lowest BCUT2D eigenvalue weighted by Crippen LogP contribution is -2.34. The number of nitrogens with one attached hydrogen (secondary N) is 1. The van der Waals surface area contributed by atoms with Gasteiger partial charge in [0.05, 0.1) is 5.02 Å². The van der Waals surface area contributed by atoms with Gasteiger partial charge in [-0.05, 0) is 26.3 Å². The fourth-order valence-corrected chi connectivity index (χ4v) is 3.10. The van der Waals surface area contributed by atoms with E-state index in [9.17, 15) is 5.11 Å². The first kappa shape index (κ1) is 11.9. The fraction of sp³-hybridized carbons (Fsp3) is 0.538. The third-order valence-electron chi connectivity index (χ3n) is 3.67. The van der Waals surface area contributed by atoms with E-state index >= 15 is 0 Å². The highest BCUT2D eigenvalue weighted by molar-refractivity contribution is 6.33. The second-order valence-corrected chi connectivity index (χ2v) is 5.35. The van der Waals surface area contributed by atoms with Crippen LogP contribution in [0.2, 0.25) is 5.02 Å². The lowest BCUT2D eigenvalue weighted by Gasteiger charge is -2.31. The van der Waals surface area contributed by atoms with E-state index in [-0.39, 0.29) is 11.3 Å². The SMILES string of the molecule is CC1(c2c(Cl)c(O)cc3c2OCCO3)CCCN1. The number of halogens is 1. The molecule has 2 aliphatic rings. The van der Waals surface area contributed by atoms with Crippen LogP contribution in [-0.2, 0) is 5.54 Å². The number of hydrogen-bond donors (Lipinski definition) is 2. The molecular weight excluding hydrogens is 254 g/mol. The van der Waals surface area contributed by atoms with E-state index in [4.69, 9.17) is 21.1 Å². The van der Waals surface area contributed by atoms with Crippen LogP contribution in [0, 0.1) is 0 Å². The van der Waals surface area contributed by atoms with Gasteiger partial charge in [-0.15, -0.1) is 0 Å². The maximum Gasteiger partial charge on any atom is 0.168 e. The summed E-state index contributed by atoms with van der Waals surface area (Å²) in [5.41, 5.74) is 0.553. The molecule has 1 atom stereocenters. The maximum atomic E-state index is 9.94. The molecule has 98 valence electrons. The van der Waals surface area contributed by atoms with Crippen LogP contribution in [0.1, 0.15) is 25.3 Å².